The van der Waals surface area contributed by atoms with E-state index in [1.54, 1.807) is 0 Å². The Morgan fingerprint density at radius 3 is 2.71 bits per heavy atom. The van der Waals surface area contributed by atoms with Gasteiger partial charge in [0.25, 0.3) is 0 Å². The predicted octanol–water partition coefficient (Wildman–Crippen LogP) is 0.994. The molecule has 0 aromatic carbocycles. The highest BCUT2D eigenvalue weighted by Crippen LogP contribution is 2.32. The molecule has 1 aliphatic rings. The summed E-state index contributed by atoms with van der Waals surface area (Å²) in [6.45, 7) is 5.33. The number of nitrogens with one attached hydrogen (secondary N) is 1. The Balaban J connectivity index is 2.23. The molecule has 4 heteroatoms. The van der Waals surface area contributed by atoms with E-state index in [-0.39, 0.29) is 18.1 Å². The van der Waals surface area contributed by atoms with E-state index in [1.807, 2.05) is 18.9 Å². The van der Waals surface area contributed by atoms with E-state index < -0.39 is 0 Å². The first-order valence-electron chi connectivity index (χ1n) is 6.72. The summed E-state index contributed by atoms with van der Waals surface area (Å²) in [6.07, 6.45) is 4.10. The molecular formula is C13H26N2O2. The second-order valence-corrected chi connectivity index (χ2v) is 5.16. The number of amides is 1. The summed E-state index contributed by atoms with van der Waals surface area (Å²) in [6, 6.07) is -0.166. The van der Waals surface area contributed by atoms with Crippen molar-refractivity contribution in [3.05, 3.63) is 0 Å². The van der Waals surface area contributed by atoms with Crippen LogP contribution in [0.3, 0.4) is 0 Å². The molecule has 0 saturated heterocycles. The maximum atomic E-state index is 11.8. The molecule has 2 N–H and O–H groups in total. The van der Waals surface area contributed by atoms with E-state index in [0.717, 1.165) is 32.2 Å². The van der Waals surface area contributed by atoms with E-state index in [9.17, 15) is 9.90 Å². The molecule has 0 aliphatic heterocycles. The van der Waals surface area contributed by atoms with Crippen LogP contribution in [0.25, 0.3) is 0 Å². The summed E-state index contributed by atoms with van der Waals surface area (Å²) in [5, 5.41) is 12.8. The summed E-state index contributed by atoms with van der Waals surface area (Å²) in [5.74, 6) is 0.525. The lowest BCUT2D eigenvalue weighted by atomic mass is 10.2. The lowest BCUT2D eigenvalue weighted by Gasteiger charge is -2.26. The van der Waals surface area contributed by atoms with Crippen LogP contribution >= 0.6 is 0 Å². The van der Waals surface area contributed by atoms with E-state index >= 15 is 0 Å². The van der Waals surface area contributed by atoms with Gasteiger partial charge in [-0.05, 0) is 39.2 Å². The molecule has 2 atom stereocenters. The van der Waals surface area contributed by atoms with Gasteiger partial charge in [-0.3, -0.25) is 9.69 Å². The fourth-order valence-electron chi connectivity index (χ4n) is 1.82. The number of carbonyl (C=O) groups excluding carboxylic acids is 1. The van der Waals surface area contributed by atoms with Crippen LogP contribution in [0.2, 0.25) is 0 Å². The molecule has 17 heavy (non-hydrogen) atoms. The Bertz CT molecular complexity index is 242. The maximum absolute atomic E-state index is 11.8. The van der Waals surface area contributed by atoms with Crippen molar-refractivity contribution in [2.24, 2.45) is 5.92 Å². The smallest absolute Gasteiger partial charge is 0.237 e. The Hall–Kier alpha value is -0.610. The molecule has 100 valence electrons. The number of unbranched alkanes of at least 4 members (excludes halogenated alkanes) is 1. The van der Waals surface area contributed by atoms with Gasteiger partial charge in [-0.1, -0.05) is 13.3 Å². The maximum Gasteiger partial charge on any atom is 0.237 e. The van der Waals surface area contributed by atoms with E-state index in [2.05, 4.69) is 12.2 Å². The van der Waals surface area contributed by atoms with Crippen molar-refractivity contribution >= 4 is 5.91 Å². The first kappa shape index (κ1) is 14.5. The molecule has 0 aromatic rings. The third-order valence-electron chi connectivity index (χ3n) is 3.51. The first-order valence-corrected chi connectivity index (χ1v) is 6.72. The summed E-state index contributed by atoms with van der Waals surface area (Å²) in [5.41, 5.74) is 0. The lowest BCUT2D eigenvalue weighted by Crippen LogP contribution is -2.46. The zero-order chi connectivity index (χ0) is 12.8. The number of hydrogen-bond acceptors (Lipinski definition) is 3. The Kier molecular flexibility index (Phi) is 5.92. The van der Waals surface area contributed by atoms with Crippen LogP contribution in [0.5, 0.6) is 0 Å². The average molecular weight is 242 g/mol. The minimum absolute atomic E-state index is 0.0592. The SMILES string of the molecule is CCCCNC(=O)C(C)N(C)CC(O)C1CC1. The van der Waals surface area contributed by atoms with E-state index in [1.165, 1.54) is 0 Å². The number of nitrogens with zero attached hydrogens (tertiary/aromatic N) is 1. The monoisotopic (exact) mass is 242 g/mol. The van der Waals surface area contributed by atoms with Crippen molar-refractivity contribution < 1.29 is 9.90 Å². The number of likely N-dealkylation sites (N-methyl/N-ethyl adjacent to an activating group) is 1. The highest BCUT2D eigenvalue weighted by atomic mass is 16.3. The molecule has 1 amide bonds. The second-order valence-electron chi connectivity index (χ2n) is 5.16. The van der Waals surface area contributed by atoms with Gasteiger partial charge >= 0.3 is 0 Å². The van der Waals surface area contributed by atoms with Gasteiger partial charge < -0.3 is 10.4 Å². The van der Waals surface area contributed by atoms with Crippen LogP contribution in [-0.2, 0) is 4.79 Å². The van der Waals surface area contributed by atoms with Gasteiger partial charge in [0.15, 0.2) is 0 Å². The summed E-state index contributed by atoms with van der Waals surface area (Å²) >= 11 is 0. The highest BCUT2D eigenvalue weighted by Gasteiger charge is 2.31. The van der Waals surface area contributed by atoms with Gasteiger partial charge in [-0.25, -0.2) is 0 Å². The van der Waals surface area contributed by atoms with Crippen molar-refractivity contribution in [3.63, 3.8) is 0 Å². The van der Waals surface area contributed by atoms with Crippen LogP contribution < -0.4 is 5.32 Å². The minimum atomic E-state index is -0.272. The summed E-state index contributed by atoms with van der Waals surface area (Å²) in [7, 11) is 1.90. The molecule has 0 bridgehead atoms. The van der Waals surface area contributed by atoms with Crippen molar-refractivity contribution in [3.8, 4) is 0 Å². The molecule has 1 saturated carbocycles. The van der Waals surface area contributed by atoms with Crippen molar-refractivity contribution in [1.29, 1.82) is 0 Å². The molecule has 1 rings (SSSR count). The zero-order valence-corrected chi connectivity index (χ0v) is 11.3. The largest absolute Gasteiger partial charge is 0.392 e. The van der Waals surface area contributed by atoms with Gasteiger partial charge in [-0.15, -0.1) is 0 Å². The second kappa shape index (κ2) is 6.97. The van der Waals surface area contributed by atoms with Gasteiger partial charge in [-0.2, -0.15) is 0 Å². The molecule has 1 fully saturated rings. The molecule has 0 radical (unpaired) electrons. The number of carbonyl (C=O) groups is 1. The van der Waals surface area contributed by atoms with Gasteiger partial charge in [0.1, 0.15) is 0 Å². The van der Waals surface area contributed by atoms with E-state index in [0.29, 0.717) is 12.5 Å². The molecule has 4 nitrogen and oxygen atoms in total. The Morgan fingerprint density at radius 2 is 2.18 bits per heavy atom. The zero-order valence-electron chi connectivity index (χ0n) is 11.3. The summed E-state index contributed by atoms with van der Waals surface area (Å²) in [4.78, 5) is 13.7. The van der Waals surface area contributed by atoms with Crippen LogP contribution in [-0.4, -0.2) is 48.2 Å². The van der Waals surface area contributed by atoms with Crippen LogP contribution in [0, 0.1) is 5.92 Å². The van der Waals surface area contributed by atoms with Crippen LogP contribution in [0.1, 0.15) is 39.5 Å². The topological polar surface area (TPSA) is 52.6 Å². The molecule has 0 aromatic heterocycles. The number of hydrogen-bond donors (Lipinski definition) is 2. The Labute approximate surface area is 104 Å². The number of aliphatic hydroxyl groups is 1. The average Bonchev–Trinajstić information content (AvgIpc) is 3.11. The van der Waals surface area contributed by atoms with Gasteiger partial charge in [0.2, 0.25) is 5.91 Å². The number of rotatable bonds is 8. The predicted molar refractivity (Wildman–Crippen MR) is 68.7 cm³/mol. The Morgan fingerprint density at radius 1 is 1.53 bits per heavy atom. The van der Waals surface area contributed by atoms with Crippen molar-refractivity contribution in [2.75, 3.05) is 20.1 Å². The molecule has 2 unspecified atom stereocenters. The normalized spacial score (nSPS) is 19.1. The van der Waals surface area contributed by atoms with Crippen molar-refractivity contribution in [1.82, 2.24) is 10.2 Å². The standard InChI is InChI=1S/C13H26N2O2/c1-4-5-8-14-13(17)10(2)15(3)9-12(16)11-6-7-11/h10-12,16H,4-9H2,1-3H3,(H,14,17). The lowest BCUT2D eigenvalue weighted by molar-refractivity contribution is -0.125. The van der Waals surface area contributed by atoms with Crippen molar-refractivity contribution in [2.45, 2.75) is 51.7 Å². The molecule has 1 aliphatic carbocycles. The van der Waals surface area contributed by atoms with Gasteiger partial charge in [0.05, 0.1) is 12.1 Å². The fourth-order valence-corrected chi connectivity index (χ4v) is 1.82. The van der Waals surface area contributed by atoms with E-state index in [4.69, 9.17) is 0 Å². The highest BCUT2D eigenvalue weighted by molar-refractivity contribution is 5.81. The van der Waals surface area contributed by atoms with Crippen LogP contribution in [0.4, 0.5) is 0 Å². The number of aliphatic hydroxyl groups excluding tert-OH is 1. The summed E-state index contributed by atoms with van der Waals surface area (Å²) < 4.78 is 0. The third-order valence-corrected chi connectivity index (χ3v) is 3.51. The molecule has 0 spiro atoms. The first-order chi connectivity index (χ1) is 8.06. The van der Waals surface area contributed by atoms with Gasteiger partial charge in [0, 0.05) is 13.1 Å². The third kappa shape index (κ3) is 5.04. The quantitative estimate of drug-likeness (QED) is 0.624. The minimum Gasteiger partial charge on any atom is -0.392 e. The fraction of sp³-hybridized carbons (Fsp3) is 0.923. The molecular weight excluding hydrogens is 216 g/mol. The molecule has 0 heterocycles. The van der Waals surface area contributed by atoms with Crippen LogP contribution in [0.15, 0.2) is 0 Å².